The fourth-order valence-electron chi connectivity index (χ4n) is 7.25. The first-order chi connectivity index (χ1) is 28.8. The second-order valence-electron chi connectivity index (χ2n) is 16.9. The number of allylic oxidation sites excluding steroid dienone is 5. The van der Waals surface area contributed by atoms with Crippen molar-refractivity contribution in [1.29, 1.82) is 0 Å². The monoisotopic (exact) mass is 855 g/mol. The first-order valence-electron chi connectivity index (χ1n) is 24.7. The van der Waals surface area contributed by atoms with Crippen molar-refractivity contribution in [2.75, 3.05) is 19.8 Å². The van der Waals surface area contributed by atoms with Gasteiger partial charge in [0.2, 0.25) is 5.91 Å². The van der Waals surface area contributed by atoms with E-state index in [2.05, 4.69) is 43.5 Å². The Balaban J connectivity index is 4.29. The lowest BCUT2D eigenvalue weighted by atomic mass is 10.0. The van der Waals surface area contributed by atoms with Gasteiger partial charge in [-0.15, -0.1) is 0 Å². The number of nitrogens with one attached hydrogen (secondary N) is 1. The Hall–Kier alpha value is -1.32. The van der Waals surface area contributed by atoms with Crippen molar-refractivity contribution in [3.05, 3.63) is 36.5 Å². The summed E-state index contributed by atoms with van der Waals surface area (Å²) in [6.07, 6.45) is 50.9. The SMILES string of the molecule is CCCCCCCCCCC/C=C\CCCCCCCC(O)CC(=O)NC(COP(=O)(O)OCCN)C(O)/C=C/CC/C=C/CCCCCCCCCCCCCCC. The molecule has 10 heteroatoms. The summed E-state index contributed by atoms with van der Waals surface area (Å²) in [6.45, 7) is 3.97. The zero-order valence-corrected chi connectivity index (χ0v) is 39.3. The molecule has 0 saturated carbocycles. The van der Waals surface area contributed by atoms with Crippen molar-refractivity contribution in [1.82, 2.24) is 5.32 Å². The molecule has 0 heterocycles. The van der Waals surface area contributed by atoms with Gasteiger partial charge in [0.05, 0.1) is 37.9 Å². The second kappa shape index (κ2) is 44.7. The first kappa shape index (κ1) is 57.7. The molecule has 0 aromatic carbocycles. The third kappa shape index (κ3) is 43.1. The summed E-state index contributed by atoms with van der Waals surface area (Å²) in [7, 11) is -4.41. The Morgan fingerprint density at radius 2 is 0.966 bits per heavy atom. The maximum Gasteiger partial charge on any atom is 0.472 e. The molecule has 0 fully saturated rings. The molecule has 0 saturated heterocycles. The fraction of sp³-hybridized carbons (Fsp3) is 0.857. The average molecular weight is 855 g/mol. The van der Waals surface area contributed by atoms with Gasteiger partial charge in [-0.1, -0.05) is 204 Å². The summed E-state index contributed by atoms with van der Waals surface area (Å²) in [5.74, 6) is -0.459. The highest BCUT2D eigenvalue weighted by atomic mass is 31.2. The normalized spacial score (nSPS) is 14.7. The Kier molecular flexibility index (Phi) is 43.7. The largest absolute Gasteiger partial charge is 0.472 e. The van der Waals surface area contributed by atoms with Crippen LogP contribution in [0.15, 0.2) is 36.5 Å². The predicted molar refractivity (Wildman–Crippen MR) is 250 cm³/mol. The number of carbonyl (C=O) groups excluding carboxylic acids is 1. The molecule has 1 amide bonds. The topological polar surface area (TPSA) is 151 Å². The lowest BCUT2D eigenvalue weighted by molar-refractivity contribution is -0.124. The van der Waals surface area contributed by atoms with E-state index in [0.29, 0.717) is 12.8 Å². The van der Waals surface area contributed by atoms with E-state index in [-0.39, 0.29) is 19.6 Å². The molecule has 0 spiro atoms. The number of hydrogen-bond donors (Lipinski definition) is 5. The van der Waals surface area contributed by atoms with Crippen LogP contribution in [-0.2, 0) is 18.4 Å². The minimum Gasteiger partial charge on any atom is -0.393 e. The van der Waals surface area contributed by atoms with E-state index in [1.54, 1.807) is 6.08 Å². The number of aliphatic hydroxyl groups excluding tert-OH is 2. The molecule has 4 unspecified atom stereocenters. The van der Waals surface area contributed by atoms with Crippen LogP contribution in [0.1, 0.15) is 232 Å². The summed E-state index contributed by atoms with van der Waals surface area (Å²) in [5, 5.41) is 24.1. The van der Waals surface area contributed by atoms with Gasteiger partial charge in [0.15, 0.2) is 0 Å². The molecule has 4 atom stereocenters. The lowest BCUT2D eigenvalue weighted by Gasteiger charge is -2.24. The van der Waals surface area contributed by atoms with Gasteiger partial charge >= 0.3 is 7.82 Å². The van der Waals surface area contributed by atoms with Crippen molar-refractivity contribution >= 4 is 13.7 Å². The van der Waals surface area contributed by atoms with Crippen molar-refractivity contribution in [2.45, 2.75) is 250 Å². The second-order valence-corrected chi connectivity index (χ2v) is 18.3. The standard InChI is InChI=1S/C49H95N2O7P/c1-3-5-7-9-11-13-15-17-19-21-23-25-27-29-31-33-35-37-39-41-48(53)47(45-58-59(55,56)57-43-42-50)51-49(54)44-46(52)40-38-36-34-32-30-28-26-24-22-20-18-16-14-12-10-8-6-4-2/h24,26,31,33,39,41,46-48,52-53H,3-23,25,27-30,32,34-38,40,42-45,50H2,1-2H3,(H,51,54)(H,55,56)/b26-24-,33-31+,41-39+. The number of phosphoric ester groups is 1. The van der Waals surface area contributed by atoms with Gasteiger partial charge in [-0.25, -0.2) is 4.57 Å². The lowest BCUT2D eigenvalue weighted by Crippen LogP contribution is -2.46. The Labute approximate surface area is 363 Å². The number of amides is 1. The average Bonchev–Trinajstić information content (AvgIpc) is 3.21. The van der Waals surface area contributed by atoms with Crippen LogP contribution >= 0.6 is 7.82 Å². The van der Waals surface area contributed by atoms with E-state index < -0.39 is 38.6 Å². The van der Waals surface area contributed by atoms with E-state index >= 15 is 0 Å². The predicted octanol–water partition coefficient (Wildman–Crippen LogP) is 13.3. The molecular weight excluding hydrogens is 760 g/mol. The summed E-state index contributed by atoms with van der Waals surface area (Å²) >= 11 is 0. The van der Waals surface area contributed by atoms with Gasteiger partial charge < -0.3 is 26.2 Å². The Bertz CT molecular complexity index is 1040. The van der Waals surface area contributed by atoms with Gasteiger partial charge in [0.1, 0.15) is 0 Å². The number of hydrogen-bond acceptors (Lipinski definition) is 7. The zero-order valence-electron chi connectivity index (χ0n) is 38.4. The van der Waals surface area contributed by atoms with Crippen LogP contribution in [0, 0.1) is 0 Å². The number of nitrogens with two attached hydrogens (primary N) is 1. The molecule has 0 bridgehead atoms. The van der Waals surface area contributed by atoms with Crippen LogP contribution in [0.4, 0.5) is 0 Å². The third-order valence-corrected chi connectivity index (χ3v) is 12.0. The quantitative estimate of drug-likeness (QED) is 0.0231. The van der Waals surface area contributed by atoms with Crippen molar-refractivity contribution in [2.24, 2.45) is 5.73 Å². The fourth-order valence-corrected chi connectivity index (χ4v) is 8.01. The van der Waals surface area contributed by atoms with Crippen LogP contribution < -0.4 is 11.1 Å². The van der Waals surface area contributed by atoms with Crippen molar-refractivity contribution < 1.29 is 33.5 Å². The molecule has 0 aliphatic heterocycles. The zero-order chi connectivity index (χ0) is 43.3. The molecule has 0 aromatic rings. The highest BCUT2D eigenvalue weighted by Gasteiger charge is 2.27. The number of aliphatic hydroxyl groups is 2. The van der Waals surface area contributed by atoms with Gasteiger partial charge in [-0.3, -0.25) is 13.8 Å². The highest BCUT2D eigenvalue weighted by molar-refractivity contribution is 7.47. The van der Waals surface area contributed by atoms with E-state index in [0.717, 1.165) is 44.9 Å². The van der Waals surface area contributed by atoms with Crippen LogP contribution in [0.2, 0.25) is 0 Å². The molecule has 0 radical (unpaired) electrons. The maximum atomic E-state index is 12.9. The summed E-state index contributed by atoms with van der Waals surface area (Å²) < 4.78 is 22.1. The number of rotatable bonds is 46. The third-order valence-electron chi connectivity index (χ3n) is 11.0. The Morgan fingerprint density at radius 3 is 1.41 bits per heavy atom. The summed E-state index contributed by atoms with van der Waals surface area (Å²) in [4.78, 5) is 22.8. The van der Waals surface area contributed by atoms with Crippen LogP contribution in [0.5, 0.6) is 0 Å². The molecule has 9 nitrogen and oxygen atoms in total. The van der Waals surface area contributed by atoms with Gasteiger partial charge in [-0.05, 0) is 57.8 Å². The van der Waals surface area contributed by atoms with Gasteiger partial charge in [0, 0.05) is 6.54 Å². The van der Waals surface area contributed by atoms with Crippen LogP contribution in [0.3, 0.4) is 0 Å². The minimum atomic E-state index is -4.41. The van der Waals surface area contributed by atoms with Gasteiger partial charge in [-0.2, -0.15) is 0 Å². The molecular formula is C49H95N2O7P. The summed E-state index contributed by atoms with van der Waals surface area (Å²) in [5.41, 5.74) is 5.37. The van der Waals surface area contributed by atoms with Crippen LogP contribution in [0.25, 0.3) is 0 Å². The minimum absolute atomic E-state index is 0.0436. The molecule has 0 aromatic heterocycles. The highest BCUT2D eigenvalue weighted by Crippen LogP contribution is 2.43. The molecule has 0 rings (SSSR count). The van der Waals surface area contributed by atoms with Crippen LogP contribution in [-0.4, -0.2) is 59.0 Å². The smallest absolute Gasteiger partial charge is 0.393 e. The van der Waals surface area contributed by atoms with E-state index in [9.17, 15) is 24.5 Å². The number of phosphoric acid groups is 1. The van der Waals surface area contributed by atoms with E-state index in [1.807, 2.05) is 6.08 Å². The number of unbranched alkanes of at least 4 members (excludes halogenated alkanes) is 28. The van der Waals surface area contributed by atoms with Gasteiger partial charge in [0.25, 0.3) is 0 Å². The molecule has 348 valence electrons. The molecule has 6 N–H and O–H groups in total. The van der Waals surface area contributed by atoms with E-state index in [1.165, 1.54) is 154 Å². The van der Waals surface area contributed by atoms with E-state index in [4.69, 9.17) is 14.8 Å². The van der Waals surface area contributed by atoms with Crippen molar-refractivity contribution in [3.63, 3.8) is 0 Å². The van der Waals surface area contributed by atoms with Crippen molar-refractivity contribution in [3.8, 4) is 0 Å². The molecule has 0 aliphatic carbocycles. The summed E-state index contributed by atoms with van der Waals surface area (Å²) in [6, 6.07) is -1.00. The Morgan fingerprint density at radius 1 is 0.576 bits per heavy atom. The first-order valence-corrected chi connectivity index (χ1v) is 26.2. The molecule has 0 aliphatic rings. The molecule has 59 heavy (non-hydrogen) atoms. The number of carbonyl (C=O) groups is 1. The maximum absolute atomic E-state index is 12.9.